The summed E-state index contributed by atoms with van der Waals surface area (Å²) in [5, 5.41) is 3.96. The first-order valence-electron chi connectivity index (χ1n) is 7.43. The summed E-state index contributed by atoms with van der Waals surface area (Å²) >= 11 is 0. The van der Waals surface area contributed by atoms with Gasteiger partial charge in [-0.05, 0) is 39.0 Å². The molecule has 0 spiro atoms. The number of benzene rings is 1. The van der Waals surface area contributed by atoms with E-state index in [9.17, 15) is 13.2 Å². The summed E-state index contributed by atoms with van der Waals surface area (Å²) < 4.78 is 43.2. The third kappa shape index (κ3) is 3.38. The Balaban J connectivity index is 1.82. The van der Waals surface area contributed by atoms with Gasteiger partial charge in [0.2, 0.25) is 0 Å². The Morgan fingerprint density at radius 3 is 2.68 bits per heavy atom. The molecule has 1 fully saturated rings. The van der Waals surface area contributed by atoms with E-state index in [0.29, 0.717) is 17.0 Å². The van der Waals surface area contributed by atoms with E-state index in [4.69, 9.17) is 4.42 Å². The molecule has 0 bridgehead atoms. The van der Waals surface area contributed by atoms with Crippen LogP contribution in [0.5, 0.6) is 0 Å². The van der Waals surface area contributed by atoms with Crippen LogP contribution in [0, 0.1) is 0 Å². The Labute approximate surface area is 127 Å². The summed E-state index contributed by atoms with van der Waals surface area (Å²) in [5.41, 5.74) is 1.48. The number of likely N-dealkylation sites (tertiary alicyclic amines) is 1. The van der Waals surface area contributed by atoms with Crippen molar-refractivity contribution in [2.24, 2.45) is 0 Å². The second kappa shape index (κ2) is 5.83. The van der Waals surface area contributed by atoms with Crippen molar-refractivity contribution in [3.05, 3.63) is 30.0 Å². The molecule has 0 radical (unpaired) electrons. The number of anilines is 1. The predicted octanol–water partition coefficient (Wildman–Crippen LogP) is 4.04. The topological polar surface area (TPSA) is 28.4 Å². The average molecular weight is 312 g/mol. The van der Waals surface area contributed by atoms with E-state index in [2.05, 4.69) is 17.3 Å². The molecule has 3 rings (SSSR count). The number of alkyl halides is 3. The molecule has 2 heterocycles. The van der Waals surface area contributed by atoms with Gasteiger partial charge in [-0.25, -0.2) is 0 Å². The molecule has 1 N–H and O–H groups in total. The minimum atomic E-state index is -4.23. The zero-order valence-electron chi connectivity index (χ0n) is 12.4. The molecule has 120 valence electrons. The summed E-state index contributed by atoms with van der Waals surface area (Å²) in [6, 6.07) is 5.65. The van der Waals surface area contributed by atoms with Gasteiger partial charge in [-0.3, -0.25) is 0 Å². The third-order valence-electron chi connectivity index (χ3n) is 4.15. The van der Waals surface area contributed by atoms with Gasteiger partial charge in [0.15, 0.2) is 5.58 Å². The highest BCUT2D eigenvalue weighted by molar-refractivity contribution is 5.91. The van der Waals surface area contributed by atoms with Gasteiger partial charge in [0.05, 0.1) is 18.4 Å². The normalized spacial score (nSPS) is 18.0. The van der Waals surface area contributed by atoms with E-state index in [-0.39, 0.29) is 5.56 Å². The summed E-state index contributed by atoms with van der Waals surface area (Å²) in [6.07, 6.45) is -1.93. The molecule has 0 atom stereocenters. The number of fused-ring (bicyclic) bond motifs is 1. The van der Waals surface area contributed by atoms with Crippen molar-refractivity contribution in [2.45, 2.75) is 31.5 Å². The highest BCUT2D eigenvalue weighted by Crippen LogP contribution is 2.32. The number of halogens is 3. The second-order valence-corrected chi connectivity index (χ2v) is 5.96. The number of hydrogen-bond donors (Lipinski definition) is 1. The van der Waals surface area contributed by atoms with Gasteiger partial charge in [-0.2, -0.15) is 13.2 Å². The molecule has 1 saturated heterocycles. The van der Waals surface area contributed by atoms with E-state index >= 15 is 0 Å². The van der Waals surface area contributed by atoms with Crippen molar-refractivity contribution < 1.29 is 17.6 Å². The molecule has 1 aliphatic heterocycles. The molecule has 1 aromatic heterocycles. The lowest BCUT2D eigenvalue weighted by molar-refractivity contribution is -0.127. The molecule has 1 aliphatic rings. The van der Waals surface area contributed by atoms with E-state index < -0.39 is 12.6 Å². The summed E-state index contributed by atoms with van der Waals surface area (Å²) in [4.78, 5) is 2.27. The molecule has 6 heteroatoms. The molecular formula is C16H19F3N2O. The minimum absolute atomic E-state index is 0.189. The van der Waals surface area contributed by atoms with Gasteiger partial charge in [-0.1, -0.05) is 12.1 Å². The van der Waals surface area contributed by atoms with Gasteiger partial charge < -0.3 is 14.6 Å². The highest BCUT2D eigenvalue weighted by Gasteiger charge is 2.30. The fraction of sp³-hybridized carbons (Fsp3) is 0.500. The first kappa shape index (κ1) is 15.2. The Bertz CT molecular complexity index is 642. The fourth-order valence-electron chi connectivity index (χ4n) is 2.95. The predicted molar refractivity (Wildman–Crippen MR) is 80.1 cm³/mol. The van der Waals surface area contributed by atoms with Gasteiger partial charge in [0.1, 0.15) is 0 Å². The van der Waals surface area contributed by atoms with Gasteiger partial charge in [0, 0.05) is 17.0 Å². The number of nitrogens with zero attached hydrogens (tertiary/aromatic N) is 1. The van der Waals surface area contributed by atoms with Crippen LogP contribution in [-0.2, 0) is 6.42 Å². The van der Waals surface area contributed by atoms with Gasteiger partial charge in [0.25, 0.3) is 0 Å². The monoisotopic (exact) mass is 312 g/mol. The summed E-state index contributed by atoms with van der Waals surface area (Å²) in [5.74, 6) is 0. The van der Waals surface area contributed by atoms with Gasteiger partial charge >= 0.3 is 6.18 Å². The van der Waals surface area contributed by atoms with Gasteiger partial charge in [-0.15, -0.1) is 0 Å². The first-order valence-corrected chi connectivity index (χ1v) is 7.43. The number of para-hydroxylation sites is 1. The largest absolute Gasteiger partial charge is 0.462 e. The Morgan fingerprint density at radius 1 is 1.27 bits per heavy atom. The van der Waals surface area contributed by atoms with E-state index in [0.717, 1.165) is 31.6 Å². The number of piperidine rings is 1. The summed E-state index contributed by atoms with van der Waals surface area (Å²) in [7, 11) is 2.09. The number of nitrogens with one attached hydrogen (secondary N) is 1. The van der Waals surface area contributed by atoms with Crippen LogP contribution in [0.15, 0.2) is 28.9 Å². The van der Waals surface area contributed by atoms with Crippen LogP contribution in [0.25, 0.3) is 11.0 Å². The molecule has 0 amide bonds. The third-order valence-corrected chi connectivity index (χ3v) is 4.15. The molecule has 2 aromatic rings. The fourth-order valence-corrected chi connectivity index (χ4v) is 2.95. The Morgan fingerprint density at radius 2 is 2.00 bits per heavy atom. The zero-order valence-corrected chi connectivity index (χ0v) is 12.4. The van der Waals surface area contributed by atoms with Crippen LogP contribution in [0.1, 0.15) is 18.4 Å². The Hall–Kier alpha value is -1.69. The lowest BCUT2D eigenvalue weighted by Crippen LogP contribution is -2.36. The number of rotatable bonds is 3. The lowest BCUT2D eigenvalue weighted by atomic mass is 10.0. The van der Waals surface area contributed by atoms with Crippen LogP contribution in [-0.4, -0.2) is 37.3 Å². The zero-order chi connectivity index (χ0) is 15.7. The standard InChI is InChI=1S/C16H19F3N2O/c1-21-7-5-12(6-8-21)20-14-4-2-3-13-11(9-16(17,18)19)10-22-15(13)14/h2-4,10,12,20H,5-9H2,1H3. The Kier molecular flexibility index (Phi) is 4.04. The number of furan rings is 1. The molecule has 0 unspecified atom stereocenters. The van der Waals surface area contributed by atoms with Crippen molar-refractivity contribution in [1.29, 1.82) is 0 Å². The maximum atomic E-state index is 12.6. The van der Waals surface area contributed by atoms with Crippen LogP contribution < -0.4 is 5.32 Å². The lowest BCUT2D eigenvalue weighted by Gasteiger charge is -2.30. The number of hydrogen-bond acceptors (Lipinski definition) is 3. The average Bonchev–Trinajstić information content (AvgIpc) is 2.84. The second-order valence-electron chi connectivity index (χ2n) is 5.96. The highest BCUT2D eigenvalue weighted by atomic mass is 19.4. The minimum Gasteiger partial charge on any atom is -0.462 e. The van der Waals surface area contributed by atoms with Crippen LogP contribution in [0.3, 0.4) is 0 Å². The summed E-state index contributed by atoms with van der Waals surface area (Å²) in [6.45, 7) is 2.04. The molecule has 0 saturated carbocycles. The molecule has 3 nitrogen and oxygen atoms in total. The quantitative estimate of drug-likeness (QED) is 0.927. The van der Waals surface area contributed by atoms with E-state index in [1.54, 1.807) is 12.1 Å². The molecule has 1 aromatic carbocycles. The van der Waals surface area contributed by atoms with Crippen LogP contribution >= 0.6 is 0 Å². The SMILES string of the molecule is CN1CCC(Nc2cccc3c(CC(F)(F)F)coc23)CC1. The first-order chi connectivity index (χ1) is 10.4. The van der Waals surface area contributed by atoms with Crippen molar-refractivity contribution in [2.75, 3.05) is 25.5 Å². The smallest absolute Gasteiger partial charge is 0.393 e. The van der Waals surface area contributed by atoms with E-state index in [1.165, 1.54) is 6.26 Å². The molecular weight excluding hydrogens is 293 g/mol. The van der Waals surface area contributed by atoms with Crippen molar-refractivity contribution >= 4 is 16.7 Å². The van der Waals surface area contributed by atoms with Crippen molar-refractivity contribution in [3.63, 3.8) is 0 Å². The van der Waals surface area contributed by atoms with E-state index in [1.807, 2.05) is 6.07 Å². The maximum absolute atomic E-state index is 12.6. The van der Waals surface area contributed by atoms with Crippen LogP contribution in [0.2, 0.25) is 0 Å². The maximum Gasteiger partial charge on any atom is 0.393 e. The van der Waals surface area contributed by atoms with Crippen molar-refractivity contribution in [1.82, 2.24) is 4.90 Å². The molecule has 22 heavy (non-hydrogen) atoms. The van der Waals surface area contributed by atoms with Crippen LogP contribution in [0.4, 0.5) is 18.9 Å². The molecule has 0 aliphatic carbocycles. The van der Waals surface area contributed by atoms with Crippen molar-refractivity contribution in [3.8, 4) is 0 Å².